The molecule has 2 aromatic rings. The lowest BCUT2D eigenvalue weighted by molar-refractivity contribution is 0.606. The first-order chi connectivity index (χ1) is 8.05. The third-order valence-electron chi connectivity index (χ3n) is 2.27. The van der Waals surface area contributed by atoms with Gasteiger partial charge in [-0.2, -0.15) is 0 Å². The van der Waals surface area contributed by atoms with Crippen LogP contribution in [0.15, 0.2) is 42.1 Å². The van der Waals surface area contributed by atoms with Crippen molar-refractivity contribution in [2.24, 2.45) is 0 Å². The highest BCUT2D eigenvalue weighted by Gasteiger charge is 2.13. The van der Waals surface area contributed by atoms with Crippen LogP contribution >= 0.6 is 10.7 Å². The lowest BCUT2D eigenvalue weighted by Gasteiger charge is -2.01. The molecule has 2 heterocycles. The van der Waals surface area contributed by atoms with Crippen LogP contribution in [0, 0.1) is 0 Å². The first kappa shape index (κ1) is 12.1. The van der Waals surface area contributed by atoms with Gasteiger partial charge in [0.1, 0.15) is 0 Å². The van der Waals surface area contributed by atoms with Crippen molar-refractivity contribution in [1.82, 2.24) is 14.5 Å². The van der Waals surface area contributed by atoms with Gasteiger partial charge in [-0.05, 0) is 24.1 Å². The summed E-state index contributed by atoms with van der Waals surface area (Å²) in [4.78, 5) is 7.65. The van der Waals surface area contributed by atoms with Gasteiger partial charge in [-0.25, -0.2) is 13.4 Å². The van der Waals surface area contributed by atoms with E-state index in [-0.39, 0.29) is 5.03 Å². The first-order valence-corrected chi connectivity index (χ1v) is 7.22. The third-order valence-corrected chi connectivity index (χ3v) is 3.45. The average Bonchev–Trinajstić information content (AvgIpc) is 2.76. The molecule has 0 spiro atoms. The number of pyridine rings is 1. The number of hydrogen-bond acceptors (Lipinski definition) is 4. The Morgan fingerprint density at radius 2 is 2.00 bits per heavy atom. The van der Waals surface area contributed by atoms with Crippen molar-refractivity contribution in [3.05, 3.63) is 42.6 Å². The normalized spacial score (nSPS) is 11.6. The molecule has 0 bridgehead atoms. The fraction of sp³-hybridized carbons (Fsp3) is 0.200. The van der Waals surface area contributed by atoms with Crippen molar-refractivity contribution in [3.63, 3.8) is 0 Å². The molecule has 0 atom stereocenters. The van der Waals surface area contributed by atoms with E-state index in [1.165, 1.54) is 12.5 Å². The fourth-order valence-electron chi connectivity index (χ4n) is 1.40. The zero-order valence-corrected chi connectivity index (χ0v) is 10.4. The number of aromatic nitrogens is 3. The van der Waals surface area contributed by atoms with E-state index >= 15 is 0 Å². The summed E-state index contributed by atoms with van der Waals surface area (Å²) in [5, 5.41) is -0.117. The van der Waals surface area contributed by atoms with Crippen molar-refractivity contribution < 1.29 is 8.42 Å². The summed E-state index contributed by atoms with van der Waals surface area (Å²) in [7, 11) is 1.44. The third kappa shape index (κ3) is 3.28. The number of hydrogen-bond donors (Lipinski definition) is 0. The van der Waals surface area contributed by atoms with E-state index in [1.807, 2.05) is 12.1 Å². The van der Waals surface area contributed by atoms with Gasteiger partial charge in [0, 0.05) is 35.8 Å². The van der Waals surface area contributed by atoms with Crippen LogP contribution < -0.4 is 0 Å². The van der Waals surface area contributed by atoms with E-state index in [0.29, 0.717) is 6.54 Å². The smallest absolute Gasteiger partial charge is 0.280 e. The van der Waals surface area contributed by atoms with Gasteiger partial charge in [-0.1, -0.05) is 0 Å². The van der Waals surface area contributed by atoms with Crippen molar-refractivity contribution in [3.8, 4) is 0 Å². The van der Waals surface area contributed by atoms with E-state index < -0.39 is 9.05 Å². The lowest BCUT2D eigenvalue weighted by atomic mass is 10.2. The molecule has 7 heteroatoms. The largest absolute Gasteiger partial charge is 0.336 e. The highest BCUT2D eigenvalue weighted by molar-refractivity contribution is 8.13. The molecule has 5 nitrogen and oxygen atoms in total. The molecule has 0 aliphatic rings. The maximum absolute atomic E-state index is 11.0. The topological polar surface area (TPSA) is 64.8 Å². The molecule has 0 saturated carbocycles. The summed E-state index contributed by atoms with van der Waals surface area (Å²) >= 11 is 0. The van der Waals surface area contributed by atoms with Gasteiger partial charge >= 0.3 is 0 Å². The molecule has 0 radical (unpaired) electrons. The predicted molar refractivity (Wildman–Crippen MR) is 63.2 cm³/mol. The summed E-state index contributed by atoms with van der Waals surface area (Å²) in [6.45, 7) is 0.642. The maximum atomic E-state index is 11.0. The Bertz CT molecular complexity index is 595. The molecule has 0 saturated heterocycles. The molecule has 90 valence electrons. The van der Waals surface area contributed by atoms with Crippen LogP contribution in [0.1, 0.15) is 5.56 Å². The second-order valence-electron chi connectivity index (χ2n) is 3.49. The molecule has 0 aliphatic carbocycles. The van der Waals surface area contributed by atoms with E-state index in [1.54, 1.807) is 17.0 Å². The van der Waals surface area contributed by atoms with Crippen molar-refractivity contribution in [2.45, 2.75) is 18.0 Å². The van der Waals surface area contributed by atoms with Gasteiger partial charge < -0.3 is 4.57 Å². The molecular weight excluding hydrogens is 262 g/mol. The molecular formula is C10H10ClN3O2S. The first-order valence-electron chi connectivity index (χ1n) is 4.91. The highest BCUT2D eigenvalue weighted by atomic mass is 35.7. The number of halogens is 1. The Kier molecular flexibility index (Phi) is 3.44. The van der Waals surface area contributed by atoms with Gasteiger partial charge in [0.25, 0.3) is 9.05 Å². The van der Waals surface area contributed by atoms with E-state index in [2.05, 4.69) is 9.97 Å². The molecule has 0 aliphatic heterocycles. The van der Waals surface area contributed by atoms with Crippen LogP contribution in [0.5, 0.6) is 0 Å². The summed E-state index contributed by atoms with van der Waals surface area (Å²) < 4.78 is 23.7. The number of nitrogens with zero attached hydrogens (tertiary/aromatic N) is 3. The number of aryl methyl sites for hydroxylation is 2. The summed E-state index contributed by atoms with van der Waals surface area (Å²) in [5.41, 5.74) is 1.13. The Morgan fingerprint density at radius 1 is 1.29 bits per heavy atom. The predicted octanol–water partition coefficient (Wildman–Crippen LogP) is 1.45. The zero-order valence-electron chi connectivity index (χ0n) is 8.82. The van der Waals surface area contributed by atoms with Crippen LogP contribution in [0.2, 0.25) is 0 Å². The van der Waals surface area contributed by atoms with Crippen molar-refractivity contribution in [2.75, 3.05) is 0 Å². The maximum Gasteiger partial charge on any atom is 0.280 e. The van der Waals surface area contributed by atoms with Crippen molar-refractivity contribution >= 4 is 19.7 Å². The molecule has 2 rings (SSSR count). The standard InChI is InChI=1S/C10H10ClN3O2S/c11-17(15,16)10-7-14(8-13-10)6-3-9-1-4-12-5-2-9/h1-2,4-5,7-8H,3,6H2. The average molecular weight is 272 g/mol. The summed E-state index contributed by atoms with van der Waals surface area (Å²) in [6.07, 6.45) is 7.09. The molecule has 2 aromatic heterocycles. The molecule has 0 aromatic carbocycles. The molecule has 0 amide bonds. The van der Waals surface area contributed by atoms with Gasteiger partial charge in [0.15, 0.2) is 5.03 Å². The van der Waals surface area contributed by atoms with Crippen LogP contribution in [0.25, 0.3) is 0 Å². The quantitative estimate of drug-likeness (QED) is 0.790. The van der Waals surface area contributed by atoms with Gasteiger partial charge in [0.2, 0.25) is 0 Å². The highest BCUT2D eigenvalue weighted by Crippen LogP contribution is 2.11. The summed E-state index contributed by atoms with van der Waals surface area (Å²) in [5.74, 6) is 0. The molecule has 0 unspecified atom stereocenters. The Balaban J connectivity index is 2.04. The van der Waals surface area contributed by atoms with E-state index in [9.17, 15) is 8.42 Å². The SMILES string of the molecule is O=S(=O)(Cl)c1cn(CCc2ccncc2)cn1. The molecule has 17 heavy (non-hydrogen) atoms. The Labute approximate surface area is 104 Å². The number of rotatable bonds is 4. The lowest BCUT2D eigenvalue weighted by Crippen LogP contribution is -1.98. The second kappa shape index (κ2) is 4.85. The van der Waals surface area contributed by atoms with Gasteiger partial charge in [-0.3, -0.25) is 4.98 Å². The summed E-state index contributed by atoms with van der Waals surface area (Å²) in [6, 6.07) is 3.83. The number of imidazole rings is 1. The second-order valence-corrected chi connectivity index (χ2v) is 6.01. The fourth-order valence-corrected chi connectivity index (χ4v) is 2.07. The molecule has 0 fully saturated rings. The monoisotopic (exact) mass is 271 g/mol. The van der Waals surface area contributed by atoms with Crippen molar-refractivity contribution in [1.29, 1.82) is 0 Å². The van der Waals surface area contributed by atoms with Crippen LogP contribution in [-0.2, 0) is 22.0 Å². The minimum absolute atomic E-state index is 0.117. The Hall–Kier alpha value is -1.40. The zero-order chi connectivity index (χ0) is 12.3. The van der Waals surface area contributed by atoms with E-state index in [0.717, 1.165) is 12.0 Å². The van der Waals surface area contributed by atoms with Gasteiger partial charge in [-0.15, -0.1) is 0 Å². The Morgan fingerprint density at radius 3 is 2.59 bits per heavy atom. The van der Waals surface area contributed by atoms with Gasteiger partial charge in [0.05, 0.1) is 6.33 Å². The van der Waals surface area contributed by atoms with E-state index in [4.69, 9.17) is 10.7 Å². The minimum Gasteiger partial charge on any atom is -0.336 e. The van der Waals surface area contributed by atoms with Crippen LogP contribution in [0.3, 0.4) is 0 Å². The molecule has 0 N–H and O–H groups in total. The van der Waals surface area contributed by atoms with Crippen LogP contribution in [-0.4, -0.2) is 23.0 Å². The van der Waals surface area contributed by atoms with Crippen LogP contribution in [0.4, 0.5) is 0 Å². The minimum atomic E-state index is -3.73.